The lowest BCUT2D eigenvalue weighted by molar-refractivity contribution is -0.111. The first-order valence-electron chi connectivity index (χ1n) is 10.6. The number of nitrogens with one attached hydrogen (secondary N) is 1. The lowest BCUT2D eigenvalue weighted by Crippen LogP contribution is -2.33. The van der Waals surface area contributed by atoms with Crippen molar-refractivity contribution in [1.82, 2.24) is 4.90 Å². The number of methoxy groups -OCH3 is 2. The molecule has 0 aromatic heterocycles. The zero-order valence-corrected chi connectivity index (χ0v) is 18.2. The van der Waals surface area contributed by atoms with Crippen LogP contribution >= 0.6 is 0 Å². The van der Waals surface area contributed by atoms with Crippen molar-refractivity contribution in [2.24, 2.45) is 0 Å². The van der Waals surface area contributed by atoms with Crippen LogP contribution in [-0.2, 0) is 11.3 Å². The van der Waals surface area contributed by atoms with Gasteiger partial charge in [0.25, 0.3) is 0 Å². The molecule has 1 fully saturated rings. The van der Waals surface area contributed by atoms with E-state index in [1.165, 1.54) is 38.2 Å². The maximum absolute atomic E-state index is 12.6. The molecule has 0 bridgehead atoms. The smallest absolute Gasteiger partial charge is 0.248 e. The Morgan fingerprint density at radius 2 is 1.83 bits per heavy atom. The van der Waals surface area contributed by atoms with Crippen LogP contribution in [0.5, 0.6) is 11.5 Å². The van der Waals surface area contributed by atoms with Crippen LogP contribution in [-0.4, -0.2) is 38.1 Å². The Labute approximate surface area is 179 Å². The van der Waals surface area contributed by atoms with E-state index in [4.69, 9.17) is 9.47 Å². The van der Waals surface area contributed by atoms with Crippen molar-refractivity contribution in [3.05, 3.63) is 59.7 Å². The average Bonchev–Trinajstić information content (AvgIpc) is 2.79. The van der Waals surface area contributed by atoms with Crippen LogP contribution < -0.4 is 14.8 Å². The van der Waals surface area contributed by atoms with Gasteiger partial charge in [0.05, 0.1) is 14.2 Å². The molecule has 1 saturated carbocycles. The van der Waals surface area contributed by atoms with Crippen LogP contribution in [0, 0.1) is 0 Å². The third kappa shape index (κ3) is 5.63. The van der Waals surface area contributed by atoms with Crippen LogP contribution in [0.15, 0.2) is 48.5 Å². The van der Waals surface area contributed by atoms with Gasteiger partial charge < -0.3 is 14.8 Å². The SMILES string of the molecule is COc1cccc(/C=C/C(=O)Nc2ccccc2CN(C)C2CCCCC2)c1OC. The Hall–Kier alpha value is -2.79. The first-order chi connectivity index (χ1) is 14.6. The lowest BCUT2D eigenvalue weighted by atomic mass is 9.94. The molecule has 1 aliphatic rings. The molecule has 1 amide bonds. The average molecular weight is 409 g/mol. The van der Waals surface area contributed by atoms with Gasteiger partial charge in [-0.3, -0.25) is 9.69 Å². The Morgan fingerprint density at radius 3 is 2.57 bits per heavy atom. The Morgan fingerprint density at radius 1 is 1.07 bits per heavy atom. The van der Waals surface area contributed by atoms with Gasteiger partial charge in [-0.2, -0.15) is 0 Å². The largest absolute Gasteiger partial charge is 0.493 e. The Bertz CT molecular complexity index is 872. The maximum atomic E-state index is 12.6. The van der Waals surface area contributed by atoms with Crippen molar-refractivity contribution >= 4 is 17.7 Å². The molecular formula is C25H32N2O3. The van der Waals surface area contributed by atoms with Crippen molar-refractivity contribution in [3.63, 3.8) is 0 Å². The van der Waals surface area contributed by atoms with Gasteiger partial charge in [-0.25, -0.2) is 0 Å². The minimum atomic E-state index is -0.173. The summed E-state index contributed by atoms with van der Waals surface area (Å²) in [5.41, 5.74) is 2.77. The number of para-hydroxylation sites is 2. The van der Waals surface area contributed by atoms with Gasteiger partial charge in [0.1, 0.15) is 0 Å². The first-order valence-corrected chi connectivity index (χ1v) is 10.6. The predicted octanol–water partition coefficient (Wildman–Crippen LogP) is 5.12. The molecule has 0 heterocycles. The van der Waals surface area contributed by atoms with E-state index >= 15 is 0 Å². The Kier molecular flexibility index (Phi) is 7.91. The van der Waals surface area contributed by atoms with E-state index in [0.717, 1.165) is 23.4 Å². The topological polar surface area (TPSA) is 50.8 Å². The van der Waals surface area contributed by atoms with E-state index in [-0.39, 0.29) is 5.91 Å². The number of nitrogens with zero attached hydrogens (tertiary/aromatic N) is 1. The van der Waals surface area contributed by atoms with E-state index in [1.807, 2.05) is 36.4 Å². The summed E-state index contributed by atoms with van der Waals surface area (Å²) in [7, 11) is 5.37. The van der Waals surface area contributed by atoms with Crippen molar-refractivity contribution < 1.29 is 14.3 Å². The van der Waals surface area contributed by atoms with Gasteiger partial charge in [0.2, 0.25) is 5.91 Å². The van der Waals surface area contributed by atoms with Crippen LogP contribution in [0.25, 0.3) is 6.08 Å². The molecule has 0 aliphatic heterocycles. The molecule has 0 spiro atoms. The number of carbonyl (C=O) groups is 1. The highest BCUT2D eigenvalue weighted by molar-refractivity contribution is 6.02. The zero-order valence-electron chi connectivity index (χ0n) is 18.2. The fraction of sp³-hybridized carbons (Fsp3) is 0.400. The molecular weight excluding hydrogens is 376 g/mol. The van der Waals surface area contributed by atoms with Gasteiger partial charge in [0.15, 0.2) is 11.5 Å². The molecule has 3 rings (SSSR count). The molecule has 2 aromatic rings. The predicted molar refractivity (Wildman–Crippen MR) is 122 cm³/mol. The fourth-order valence-electron chi connectivity index (χ4n) is 4.08. The molecule has 30 heavy (non-hydrogen) atoms. The number of amides is 1. The summed E-state index contributed by atoms with van der Waals surface area (Å²) in [6.45, 7) is 0.828. The molecule has 1 aliphatic carbocycles. The second-order valence-corrected chi connectivity index (χ2v) is 7.77. The molecule has 160 valence electrons. The van der Waals surface area contributed by atoms with Gasteiger partial charge in [0, 0.05) is 29.9 Å². The number of rotatable bonds is 8. The van der Waals surface area contributed by atoms with Crippen molar-refractivity contribution in [1.29, 1.82) is 0 Å². The molecule has 2 aromatic carbocycles. The summed E-state index contributed by atoms with van der Waals surface area (Å²) in [6.07, 6.45) is 9.76. The van der Waals surface area contributed by atoms with Crippen LogP contribution in [0.4, 0.5) is 5.69 Å². The maximum Gasteiger partial charge on any atom is 0.248 e. The highest BCUT2D eigenvalue weighted by Gasteiger charge is 2.19. The quantitative estimate of drug-likeness (QED) is 0.616. The summed E-state index contributed by atoms with van der Waals surface area (Å²) < 4.78 is 10.7. The van der Waals surface area contributed by atoms with Crippen molar-refractivity contribution in [2.75, 3.05) is 26.6 Å². The monoisotopic (exact) mass is 408 g/mol. The molecule has 0 atom stereocenters. The van der Waals surface area contributed by atoms with E-state index in [9.17, 15) is 4.79 Å². The number of carbonyl (C=O) groups excluding carboxylic acids is 1. The second kappa shape index (κ2) is 10.8. The van der Waals surface area contributed by atoms with Gasteiger partial charge >= 0.3 is 0 Å². The highest BCUT2D eigenvalue weighted by Crippen LogP contribution is 2.31. The van der Waals surface area contributed by atoms with Crippen molar-refractivity contribution in [3.8, 4) is 11.5 Å². The minimum Gasteiger partial charge on any atom is -0.493 e. The first kappa shape index (κ1) is 21.9. The van der Waals surface area contributed by atoms with E-state index < -0.39 is 0 Å². The number of benzene rings is 2. The summed E-state index contributed by atoms with van der Waals surface area (Å²) >= 11 is 0. The third-order valence-corrected chi connectivity index (χ3v) is 5.74. The number of hydrogen-bond acceptors (Lipinski definition) is 4. The third-order valence-electron chi connectivity index (χ3n) is 5.74. The fourth-order valence-corrected chi connectivity index (χ4v) is 4.08. The van der Waals surface area contributed by atoms with E-state index in [2.05, 4.69) is 23.3 Å². The summed E-state index contributed by atoms with van der Waals surface area (Å²) in [5, 5.41) is 3.03. The van der Waals surface area contributed by atoms with Crippen LogP contribution in [0.3, 0.4) is 0 Å². The Balaban J connectivity index is 1.68. The zero-order chi connectivity index (χ0) is 21.3. The van der Waals surface area contributed by atoms with Crippen LogP contribution in [0.2, 0.25) is 0 Å². The van der Waals surface area contributed by atoms with Gasteiger partial charge in [-0.1, -0.05) is 49.6 Å². The summed E-state index contributed by atoms with van der Waals surface area (Å²) in [4.78, 5) is 15.0. The molecule has 0 unspecified atom stereocenters. The number of anilines is 1. The summed E-state index contributed by atoms with van der Waals surface area (Å²) in [5.74, 6) is 1.07. The van der Waals surface area contributed by atoms with E-state index in [0.29, 0.717) is 17.5 Å². The molecule has 0 radical (unpaired) electrons. The van der Waals surface area contributed by atoms with E-state index in [1.54, 1.807) is 20.3 Å². The second-order valence-electron chi connectivity index (χ2n) is 7.77. The standard InChI is InChI=1S/C25H32N2O3/c1-27(21-12-5-4-6-13-21)18-20-10-7-8-14-22(20)26-24(28)17-16-19-11-9-15-23(29-2)25(19)30-3/h7-11,14-17,21H,4-6,12-13,18H2,1-3H3,(H,26,28)/b17-16+. The molecule has 0 saturated heterocycles. The normalized spacial score (nSPS) is 14.8. The minimum absolute atomic E-state index is 0.173. The highest BCUT2D eigenvalue weighted by atomic mass is 16.5. The molecule has 5 heteroatoms. The van der Waals surface area contributed by atoms with Gasteiger partial charge in [-0.15, -0.1) is 0 Å². The van der Waals surface area contributed by atoms with Gasteiger partial charge in [-0.05, 0) is 43.7 Å². The van der Waals surface area contributed by atoms with Crippen LogP contribution in [0.1, 0.15) is 43.2 Å². The number of hydrogen-bond donors (Lipinski definition) is 1. The summed E-state index contributed by atoms with van der Waals surface area (Å²) in [6, 6.07) is 14.2. The molecule has 1 N–H and O–H groups in total. The molecule has 5 nitrogen and oxygen atoms in total. The van der Waals surface area contributed by atoms with Crippen molar-refractivity contribution in [2.45, 2.75) is 44.7 Å². The number of ether oxygens (including phenoxy) is 2. The lowest BCUT2D eigenvalue weighted by Gasteiger charge is -2.31.